The Morgan fingerprint density at radius 2 is 2.25 bits per heavy atom. The fourth-order valence-electron chi connectivity index (χ4n) is 0.912. The molecule has 1 atom stereocenters. The maximum Gasteiger partial charge on any atom is 0.0679 e. The van der Waals surface area contributed by atoms with Gasteiger partial charge in [-0.1, -0.05) is 0 Å². The van der Waals surface area contributed by atoms with E-state index in [1.807, 2.05) is 7.05 Å². The molecule has 0 aromatic carbocycles. The zero-order valence-electron chi connectivity index (χ0n) is 4.91. The van der Waals surface area contributed by atoms with Gasteiger partial charge in [-0.3, -0.25) is 0 Å². The Balaban J connectivity index is 0.000000490. The second-order valence-electron chi connectivity index (χ2n) is 2.20. The van der Waals surface area contributed by atoms with Crippen molar-refractivity contribution in [2.45, 2.75) is 12.5 Å². The van der Waals surface area contributed by atoms with Crippen LogP contribution in [-0.2, 0) is 21.1 Å². The van der Waals surface area contributed by atoms with Crippen LogP contribution >= 0.6 is 0 Å². The van der Waals surface area contributed by atoms with Crippen molar-refractivity contribution in [3.05, 3.63) is 0 Å². The number of likely N-dealkylation sites (tertiary alicyclic amines) is 1. The summed E-state index contributed by atoms with van der Waals surface area (Å²) in [5.74, 6) is 0. The van der Waals surface area contributed by atoms with Crippen molar-refractivity contribution in [3.8, 4) is 0 Å². The summed E-state index contributed by atoms with van der Waals surface area (Å²) in [5, 5.41) is 8.86. The average Bonchev–Trinajstić information content (AvgIpc) is 1.87. The van der Waals surface area contributed by atoms with Crippen LogP contribution in [-0.4, -0.2) is 36.2 Å². The minimum absolute atomic E-state index is 0. The van der Waals surface area contributed by atoms with E-state index in [0.717, 1.165) is 19.5 Å². The van der Waals surface area contributed by atoms with Crippen LogP contribution in [0.1, 0.15) is 6.42 Å². The number of rotatable bonds is 0. The summed E-state index contributed by atoms with van der Waals surface area (Å²) in [6.45, 7) is 1.92. The molecular formula is C5H11NOPt. The first-order valence-electron chi connectivity index (χ1n) is 2.65. The molecule has 1 unspecified atom stereocenters. The third-order valence-corrected chi connectivity index (χ3v) is 1.37. The van der Waals surface area contributed by atoms with E-state index in [0.29, 0.717) is 0 Å². The predicted molar refractivity (Wildman–Crippen MR) is 28.1 cm³/mol. The van der Waals surface area contributed by atoms with Gasteiger partial charge in [0.15, 0.2) is 0 Å². The zero-order valence-corrected chi connectivity index (χ0v) is 7.18. The van der Waals surface area contributed by atoms with E-state index < -0.39 is 0 Å². The van der Waals surface area contributed by atoms with Crippen LogP contribution in [0.5, 0.6) is 0 Å². The van der Waals surface area contributed by atoms with Gasteiger partial charge in [-0.2, -0.15) is 0 Å². The standard InChI is InChI=1S/C5H11NO.Pt/c1-6-3-2-5(7)4-6;/h5,7H,2-4H2,1H3;. The Labute approximate surface area is 64.1 Å². The third kappa shape index (κ3) is 2.25. The van der Waals surface area contributed by atoms with Gasteiger partial charge in [0.2, 0.25) is 0 Å². The smallest absolute Gasteiger partial charge is 0.0679 e. The maximum atomic E-state index is 8.86. The predicted octanol–water partition coefficient (Wildman–Crippen LogP) is -0.320. The first-order valence-corrected chi connectivity index (χ1v) is 2.65. The summed E-state index contributed by atoms with van der Waals surface area (Å²) in [6.07, 6.45) is 0.904. The molecule has 0 amide bonds. The van der Waals surface area contributed by atoms with Crippen molar-refractivity contribution in [1.82, 2.24) is 4.90 Å². The van der Waals surface area contributed by atoms with Crippen molar-refractivity contribution in [2.24, 2.45) is 0 Å². The average molecular weight is 296 g/mol. The molecule has 0 aromatic heterocycles. The summed E-state index contributed by atoms with van der Waals surface area (Å²) in [6, 6.07) is 0. The van der Waals surface area contributed by atoms with Gasteiger partial charge in [0.1, 0.15) is 0 Å². The number of aliphatic hydroxyl groups is 1. The minimum atomic E-state index is -0.0509. The molecule has 52 valence electrons. The topological polar surface area (TPSA) is 23.5 Å². The van der Waals surface area contributed by atoms with Gasteiger partial charge in [0.05, 0.1) is 6.10 Å². The monoisotopic (exact) mass is 296 g/mol. The normalized spacial score (nSPS) is 30.0. The largest absolute Gasteiger partial charge is 0.392 e. The fraction of sp³-hybridized carbons (Fsp3) is 1.00. The first kappa shape index (κ1) is 8.61. The van der Waals surface area contributed by atoms with Crippen LogP contribution in [0.2, 0.25) is 0 Å². The van der Waals surface area contributed by atoms with Gasteiger partial charge in [0, 0.05) is 34.2 Å². The molecule has 0 bridgehead atoms. The molecule has 1 aliphatic heterocycles. The molecule has 1 heterocycles. The molecule has 0 aliphatic carbocycles. The molecule has 3 heteroatoms. The Morgan fingerprint density at radius 3 is 2.38 bits per heavy atom. The zero-order chi connectivity index (χ0) is 5.28. The number of likely N-dealkylation sites (N-methyl/N-ethyl adjacent to an activating group) is 1. The summed E-state index contributed by atoms with van der Waals surface area (Å²) in [5.41, 5.74) is 0. The molecule has 1 N–H and O–H groups in total. The van der Waals surface area contributed by atoms with Crippen molar-refractivity contribution >= 4 is 0 Å². The molecule has 0 radical (unpaired) electrons. The molecule has 0 saturated carbocycles. The molecular weight excluding hydrogens is 285 g/mol. The van der Waals surface area contributed by atoms with Crippen molar-refractivity contribution < 1.29 is 26.2 Å². The third-order valence-electron chi connectivity index (χ3n) is 1.37. The number of hydrogen-bond acceptors (Lipinski definition) is 2. The molecule has 1 fully saturated rings. The van der Waals surface area contributed by atoms with Crippen molar-refractivity contribution in [2.75, 3.05) is 20.1 Å². The Bertz CT molecular complexity index is 61.4. The van der Waals surface area contributed by atoms with Gasteiger partial charge in [-0.15, -0.1) is 0 Å². The molecule has 0 spiro atoms. The van der Waals surface area contributed by atoms with Crippen LogP contribution in [0.4, 0.5) is 0 Å². The summed E-state index contributed by atoms with van der Waals surface area (Å²) >= 11 is 0. The maximum absolute atomic E-state index is 8.86. The van der Waals surface area contributed by atoms with Gasteiger partial charge >= 0.3 is 0 Å². The SMILES string of the molecule is CN1CCC(O)C1.[Pt]. The number of nitrogens with zero attached hydrogens (tertiary/aromatic N) is 1. The molecule has 0 aromatic rings. The number of β-amino-alcohol motifs (C(OH)–C–C–N with tert-alkyl or cyclic N) is 1. The van der Waals surface area contributed by atoms with E-state index in [1.54, 1.807) is 0 Å². The van der Waals surface area contributed by atoms with Gasteiger partial charge < -0.3 is 10.0 Å². The van der Waals surface area contributed by atoms with E-state index in [2.05, 4.69) is 4.90 Å². The summed E-state index contributed by atoms with van der Waals surface area (Å²) < 4.78 is 0. The van der Waals surface area contributed by atoms with Crippen molar-refractivity contribution in [1.29, 1.82) is 0 Å². The Kier molecular flexibility index (Phi) is 3.87. The van der Waals surface area contributed by atoms with E-state index in [4.69, 9.17) is 5.11 Å². The first-order chi connectivity index (χ1) is 3.29. The Morgan fingerprint density at radius 1 is 1.62 bits per heavy atom. The molecule has 1 rings (SSSR count). The summed E-state index contributed by atoms with van der Waals surface area (Å²) in [7, 11) is 2.02. The van der Waals surface area contributed by atoms with Crippen LogP contribution in [0.3, 0.4) is 0 Å². The van der Waals surface area contributed by atoms with Crippen LogP contribution in [0.25, 0.3) is 0 Å². The van der Waals surface area contributed by atoms with Crippen LogP contribution in [0.15, 0.2) is 0 Å². The molecule has 1 saturated heterocycles. The van der Waals surface area contributed by atoms with E-state index in [1.165, 1.54) is 0 Å². The van der Waals surface area contributed by atoms with E-state index >= 15 is 0 Å². The Hall–Kier alpha value is 0.608. The van der Waals surface area contributed by atoms with Crippen LogP contribution in [0, 0.1) is 0 Å². The second kappa shape index (κ2) is 3.60. The number of hydrogen-bond donors (Lipinski definition) is 1. The second-order valence-corrected chi connectivity index (χ2v) is 2.20. The van der Waals surface area contributed by atoms with Gasteiger partial charge in [-0.05, 0) is 13.5 Å². The van der Waals surface area contributed by atoms with Gasteiger partial charge in [0.25, 0.3) is 0 Å². The summed E-state index contributed by atoms with van der Waals surface area (Å²) in [4.78, 5) is 2.13. The van der Waals surface area contributed by atoms with E-state index in [-0.39, 0.29) is 27.2 Å². The molecule has 1 aliphatic rings. The van der Waals surface area contributed by atoms with Crippen LogP contribution < -0.4 is 0 Å². The number of aliphatic hydroxyl groups excluding tert-OH is 1. The van der Waals surface area contributed by atoms with Gasteiger partial charge in [-0.25, -0.2) is 0 Å². The molecule has 8 heavy (non-hydrogen) atoms. The van der Waals surface area contributed by atoms with E-state index in [9.17, 15) is 0 Å². The minimum Gasteiger partial charge on any atom is -0.392 e. The fourth-order valence-corrected chi connectivity index (χ4v) is 0.912. The van der Waals surface area contributed by atoms with Crippen molar-refractivity contribution in [3.63, 3.8) is 0 Å². The molecule has 2 nitrogen and oxygen atoms in total. The quantitative estimate of drug-likeness (QED) is 0.662.